The van der Waals surface area contributed by atoms with Crippen LogP contribution in [0.15, 0.2) is 91.0 Å². The van der Waals surface area contributed by atoms with Crippen molar-refractivity contribution in [1.82, 2.24) is 16.0 Å². The summed E-state index contributed by atoms with van der Waals surface area (Å²) in [6, 6.07) is 24.7. The molecule has 1 unspecified atom stereocenters. The number of methoxy groups -OCH3 is 1. The van der Waals surface area contributed by atoms with E-state index in [9.17, 15) is 14.5 Å². The fraction of sp³-hybridized carbons (Fsp3) is 0.788. The summed E-state index contributed by atoms with van der Waals surface area (Å²) in [6.07, 6.45) is 53.7. The van der Waals surface area contributed by atoms with Crippen LogP contribution in [0.1, 0.15) is 424 Å². The maximum absolute atomic E-state index is 15.8. The highest BCUT2D eigenvalue weighted by Gasteiger charge is 2.52. The second kappa shape index (κ2) is 76.3. The minimum Gasteiger partial charge on any atom is -0.467 e. The normalized spacial score (nSPS) is 16.9. The third-order valence-electron chi connectivity index (χ3n) is 24.3. The van der Waals surface area contributed by atoms with Gasteiger partial charge < -0.3 is 54.0 Å². The molecule has 18 nitrogen and oxygen atoms in total. The van der Waals surface area contributed by atoms with Crippen molar-refractivity contribution in [2.45, 2.75) is 488 Å². The minimum atomic E-state index is -5.27. The van der Waals surface area contributed by atoms with Crippen LogP contribution < -0.4 is 16.0 Å². The maximum atomic E-state index is 15.8. The van der Waals surface area contributed by atoms with E-state index in [1.54, 1.807) is 0 Å². The molecule has 3 aromatic carbocycles. The Morgan fingerprint density at radius 2 is 0.699 bits per heavy atom. The number of phosphoric ester groups is 1. The predicted molar refractivity (Wildman–Crippen MR) is 505 cm³/mol. The molecule has 1 heterocycles. The van der Waals surface area contributed by atoms with Gasteiger partial charge in [0.1, 0.15) is 18.2 Å². The Hall–Kier alpha value is -4.59. The van der Waals surface area contributed by atoms with Gasteiger partial charge in [-0.05, 0) is 68.1 Å². The monoisotopic (exact) mass is 1740 g/mol. The van der Waals surface area contributed by atoms with E-state index < -0.39 is 99.2 Å². The van der Waals surface area contributed by atoms with Gasteiger partial charge in [0.25, 0.3) is 0 Å². The fourth-order valence-electron chi connectivity index (χ4n) is 16.9. The number of ether oxygens (including phenoxy) is 7. The first-order valence-electron chi connectivity index (χ1n) is 50.7. The van der Waals surface area contributed by atoms with E-state index >= 15 is 14.2 Å². The molecule has 19 heteroatoms. The molecule has 0 bridgehead atoms. The Kier molecular flexibility index (Phi) is 68.7. The fourth-order valence-corrected chi connectivity index (χ4v) is 18.1. The number of unbranched alkanes of at least 4 members (excludes halogenated alkanes) is 45. The molecule has 123 heavy (non-hydrogen) atoms. The molecule has 4 N–H and O–H groups in total. The quantitative estimate of drug-likeness (QED) is 0.0234. The molecular formula is C104H180N3O15P. The Morgan fingerprint density at radius 1 is 0.390 bits per heavy atom. The van der Waals surface area contributed by atoms with Crippen molar-refractivity contribution in [3.63, 3.8) is 0 Å². The Balaban J connectivity index is 1.90. The molecule has 706 valence electrons. The summed E-state index contributed by atoms with van der Waals surface area (Å²) < 4.78 is 75.2. The number of nitrogens with one attached hydrogen (secondary N) is 3. The van der Waals surface area contributed by atoms with E-state index in [-0.39, 0.29) is 45.3 Å². The number of esters is 1. The van der Waals surface area contributed by atoms with Crippen LogP contribution in [0.2, 0.25) is 0 Å². The summed E-state index contributed by atoms with van der Waals surface area (Å²) in [6.45, 7) is 14.2. The molecule has 0 saturated carbocycles. The average Bonchev–Trinajstić information content (AvgIpc) is 0.773. The van der Waals surface area contributed by atoms with Gasteiger partial charge in [0.2, 0.25) is 17.7 Å². The van der Waals surface area contributed by atoms with Crippen LogP contribution in [0.25, 0.3) is 0 Å². The van der Waals surface area contributed by atoms with Crippen molar-refractivity contribution >= 4 is 31.5 Å². The smallest absolute Gasteiger partial charge is 0.467 e. The molecular weight excluding hydrogens is 1560 g/mol. The van der Waals surface area contributed by atoms with Gasteiger partial charge in [-0.2, -0.15) is 0 Å². The molecule has 0 spiro atoms. The van der Waals surface area contributed by atoms with Crippen molar-refractivity contribution in [3.05, 3.63) is 108 Å². The van der Waals surface area contributed by atoms with Gasteiger partial charge in [0.15, 0.2) is 12.3 Å². The highest BCUT2D eigenvalue weighted by atomic mass is 31.2. The van der Waals surface area contributed by atoms with Crippen molar-refractivity contribution in [2.75, 3.05) is 40.1 Å². The van der Waals surface area contributed by atoms with Gasteiger partial charge in [-0.1, -0.05) is 441 Å². The van der Waals surface area contributed by atoms with Gasteiger partial charge in [-0.3, -0.25) is 23.4 Å². The molecule has 3 amide bonds. The van der Waals surface area contributed by atoms with E-state index in [0.717, 1.165) is 145 Å². The molecule has 1 fully saturated rings. The predicted octanol–water partition coefficient (Wildman–Crippen LogP) is 26.4. The SMILES string of the molecule is CCCCCCCCCCC[C@H](CC(=O)N[C@H]1[C@H](OC[C@H](NC(=O)C[C@@H](CCCCCCCCCCC)OCCCCCCCCCC)C(=O)OC)O[C@H](COCc2ccccc2)[C@@H](OP(=O)(O)OC(Cc2ccccc2)Cc2ccccc2)[C@H]1NC(=O)C[C@@H](CCCCCCCCCCC)OCCCCCCCCCC)OCCCCCCCCCC. The summed E-state index contributed by atoms with van der Waals surface area (Å²) in [7, 11) is -4.01. The summed E-state index contributed by atoms with van der Waals surface area (Å²) >= 11 is 0. The molecule has 4 rings (SSSR count). The van der Waals surface area contributed by atoms with Crippen LogP contribution in [0, 0.1) is 0 Å². The van der Waals surface area contributed by atoms with Crippen molar-refractivity contribution in [2.24, 2.45) is 0 Å². The lowest BCUT2D eigenvalue weighted by molar-refractivity contribution is -0.253. The second-order valence-corrected chi connectivity index (χ2v) is 37.1. The Bertz CT molecular complexity index is 2890. The molecule has 1 saturated heterocycles. The number of carbonyl (C=O) groups excluding carboxylic acids is 4. The van der Waals surface area contributed by atoms with E-state index in [4.69, 9.17) is 42.2 Å². The van der Waals surface area contributed by atoms with Gasteiger partial charge in [0, 0.05) is 19.8 Å². The molecule has 1 aliphatic rings. The zero-order chi connectivity index (χ0) is 88.4. The number of amides is 3. The largest absolute Gasteiger partial charge is 0.472 e. The second-order valence-electron chi connectivity index (χ2n) is 35.7. The lowest BCUT2D eigenvalue weighted by atomic mass is 9.93. The molecule has 10 atom stereocenters. The highest BCUT2D eigenvalue weighted by Crippen LogP contribution is 2.49. The first-order chi connectivity index (χ1) is 60.2. The van der Waals surface area contributed by atoms with E-state index in [0.29, 0.717) is 39.1 Å². The minimum absolute atomic E-state index is 0.000769. The van der Waals surface area contributed by atoms with Crippen LogP contribution >= 0.6 is 7.82 Å². The standard InChI is InChI=1S/C104H180N3O15P/c1-8-14-20-26-32-38-41-47-62-74-91(116-77-65-50-44-35-29-23-17-11-4)82-97(108)105-95(103(111)114-7)86-119-104-101(107-99(110)84-93(76-64-49-43-40-34-28-22-16-10-3)118-79-67-52-46-37-31-25-19-13-6)100(106-98(109)83-92(75-63-48-42-39-33-27-21-15-9-2)117-78-66-51-45-36-30-24-18-12-5)102(96(120-104)87-115-85-90-72-60-55-61-73-90)122-123(112,113)121-94(80-88-68-56-53-57-69-88)81-89-70-58-54-59-71-89/h53-61,68-73,91-96,100-102,104H,8-52,62-67,74-87H2,1-7H3,(H,105,108)(H,106,109)(H,107,110)(H,112,113)/t91-,92-,93-,95+,96-,100+,101-,102-,104-/m1/s1. The zero-order valence-corrected chi connectivity index (χ0v) is 79.9. The van der Waals surface area contributed by atoms with Gasteiger partial charge in [0.05, 0.1) is 76.7 Å². The number of hydrogen-bond donors (Lipinski definition) is 4. The van der Waals surface area contributed by atoms with E-state index in [1.807, 2.05) is 91.0 Å². The lowest BCUT2D eigenvalue weighted by Crippen LogP contribution is -2.70. The first kappa shape index (κ1) is 111. The number of hydrogen-bond acceptors (Lipinski definition) is 14. The van der Waals surface area contributed by atoms with E-state index in [2.05, 4.69) is 57.5 Å². The van der Waals surface area contributed by atoms with Crippen molar-refractivity contribution in [3.8, 4) is 0 Å². The summed E-state index contributed by atoms with van der Waals surface area (Å²) in [5.41, 5.74) is 2.58. The molecule has 3 aromatic rings. The van der Waals surface area contributed by atoms with E-state index in [1.165, 1.54) is 206 Å². The van der Waals surface area contributed by atoms with Gasteiger partial charge in [-0.25, -0.2) is 9.36 Å². The third-order valence-corrected chi connectivity index (χ3v) is 25.4. The lowest BCUT2D eigenvalue weighted by Gasteiger charge is -2.47. The van der Waals surface area contributed by atoms with Crippen LogP contribution in [-0.4, -0.2) is 130 Å². The van der Waals surface area contributed by atoms with Crippen molar-refractivity contribution < 1.29 is 70.8 Å². The van der Waals surface area contributed by atoms with Crippen molar-refractivity contribution in [1.29, 1.82) is 0 Å². The molecule has 0 aliphatic carbocycles. The number of carbonyl (C=O) groups is 4. The Morgan fingerprint density at radius 3 is 1.04 bits per heavy atom. The maximum Gasteiger partial charge on any atom is 0.472 e. The van der Waals surface area contributed by atoms with Gasteiger partial charge in [-0.15, -0.1) is 0 Å². The van der Waals surface area contributed by atoms with Crippen LogP contribution in [-0.2, 0) is 85.4 Å². The average molecular weight is 1740 g/mol. The molecule has 1 aliphatic heterocycles. The summed E-state index contributed by atoms with van der Waals surface area (Å²) in [4.78, 5) is 73.4. The first-order valence-corrected chi connectivity index (χ1v) is 52.2. The third kappa shape index (κ3) is 57.9. The van der Waals surface area contributed by atoms with Crippen LogP contribution in [0.4, 0.5) is 0 Å². The highest BCUT2D eigenvalue weighted by molar-refractivity contribution is 7.47. The van der Waals surface area contributed by atoms with Crippen LogP contribution in [0.3, 0.4) is 0 Å². The molecule has 0 aromatic heterocycles. The molecule has 0 radical (unpaired) electrons. The van der Waals surface area contributed by atoms with Crippen LogP contribution in [0.5, 0.6) is 0 Å². The number of benzene rings is 3. The topological polar surface area (TPSA) is 225 Å². The van der Waals surface area contributed by atoms with Gasteiger partial charge >= 0.3 is 13.8 Å². The summed E-state index contributed by atoms with van der Waals surface area (Å²) in [5, 5.41) is 9.60. The zero-order valence-electron chi connectivity index (χ0n) is 79.0. The Labute approximate surface area is 750 Å². The summed E-state index contributed by atoms with van der Waals surface area (Å²) in [5.74, 6) is -2.10. The number of phosphoric acid groups is 1. The number of rotatable bonds is 85.